The van der Waals surface area contributed by atoms with Crippen LogP contribution in [0.3, 0.4) is 0 Å². The van der Waals surface area contributed by atoms with Gasteiger partial charge in [-0.25, -0.2) is 14.1 Å². The Morgan fingerprint density at radius 1 is 1.22 bits per heavy atom. The van der Waals surface area contributed by atoms with Crippen LogP contribution in [0.5, 0.6) is 0 Å². The maximum Gasteiger partial charge on any atom is 0.359 e. The quantitative estimate of drug-likeness (QED) is 0.747. The summed E-state index contributed by atoms with van der Waals surface area (Å²) < 4.78 is 10.7. The lowest BCUT2D eigenvalue weighted by Gasteiger charge is -2.00. The lowest BCUT2D eigenvalue weighted by atomic mass is 10.1. The van der Waals surface area contributed by atoms with Crippen molar-refractivity contribution in [3.8, 4) is 0 Å². The van der Waals surface area contributed by atoms with Crippen LogP contribution in [0.25, 0.3) is 5.52 Å². The number of esters is 2. The first-order chi connectivity index (χ1) is 8.58. The number of nitrogens with zero attached hydrogens (tertiary/aromatic N) is 2. The Hall–Kier alpha value is -2.37. The Balaban J connectivity index is 2.77. The van der Waals surface area contributed by atoms with Gasteiger partial charge in [0.2, 0.25) is 0 Å². The van der Waals surface area contributed by atoms with Gasteiger partial charge in [0.15, 0.2) is 5.69 Å². The van der Waals surface area contributed by atoms with Gasteiger partial charge in [0.25, 0.3) is 0 Å². The molecule has 0 fully saturated rings. The number of methoxy groups -OCH3 is 2. The van der Waals surface area contributed by atoms with Gasteiger partial charge in [0.1, 0.15) is 5.56 Å². The average Bonchev–Trinajstić information content (AvgIpc) is 2.75. The molecule has 2 heterocycles. The second kappa shape index (κ2) is 4.48. The Labute approximate surface area is 103 Å². The maximum atomic E-state index is 11.8. The maximum absolute atomic E-state index is 11.8. The number of rotatable bonds is 2. The van der Waals surface area contributed by atoms with E-state index in [1.165, 1.54) is 18.7 Å². The van der Waals surface area contributed by atoms with E-state index in [4.69, 9.17) is 0 Å². The molecule has 0 bridgehead atoms. The number of fused-ring (bicyclic) bond motifs is 1. The molecular weight excluding hydrogens is 236 g/mol. The molecule has 94 valence electrons. The smallest absolute Gasteiger partial charge is 0.359 e. The van der Waals surface area contributed by atoms with Gasteiger partial charge >= 0.3 is 11.9 Å². The second-order valence-corrected chi connectivity index (χ2v) is 3.74. The molecule has 0 spiro atoms. The summed E-state index contributed by atoms with van der Waals surface area (Å²) in [7, 11) is 2.49. The number of pyridine rings is 1. The molecule has 0 amide bonds. The van der Waals surface area contributed by atoms with Crippen LogP contribution in [0.2, 0.25) is 0 Å². The first-order valence-electron chi connectivity index (χ1n) is 5.24. The van der Waals surface area contributed by atoms with Crippen LogP contribution >= 0.6 is 0 Å². The van der Waals surface area contributed by atoms with Crippen molar-refractivity contribution in [2.75, 3.05) is 14.2 Å². The minimum Gasteiger partial charge on any atom is -0.465 e. The molecule has 18 heavy (non-hydrogen) atoms. The molecule has 0 saturated heterocycles. The Morgan fingerprint density at radius 3 is 2.50 bits per heavy atom. The molecule has 0 aliphatic heterocycles. The molecule has 0 N–H and O–H groups in total. The van der Waals surface area contributed by atoms with Gasteiger partial charge < -0.3 is 9.47 Å². The molecule has 6 heteroatoms. The minimum atomic E-state index is -0.670. The highest BCUT2D eigenvalue weighted by molar-refractivity contribution is 6.07. The standard InChI is InChI=1S/C12H12N2O4/c1-7-4-5-14-8(6-7)9(11(15)17-2)10(13-14)12(16)18-3/h4-6H,1-3H3. The van der Waals surface area contributed by atoms with Gasteiger partial charge in [-0.15, -0.1) is 0 Å². The average molecular weight is 248 g/mol. The summed E-state index contributed by atoms with van der Waals surface area (Å²) in [5.74, 6) is -1.28. The molecule has 2 aromatic heterocycles. The van der Waals surface area contributed by atoms with E-state index < -0.39 is 11.9 Å². The van der Waals surface area contributed by atoms with Crippen molar-refractivity contribution >= 4 is 17.5 Å². The summed E-state index contributed by atoms with van der Waals surface area (Å²) >= 11 is 0. The number of carbonyl (C=O) groups is 2. The molecule has 0 aromatic carbocycles. The molecule has 0 unspecified atom stereocenters. The van der Waals surface area contributed by atoms with Crippen LogP contribution in [0.4, 0.5) is 0 Å². The monoisotopic (exact) mass is 248 g/mol. The lowest BCUT2D eigenvalue weighted by Crippen LogP contribution is -2.10. The van der Waals surface area contributed by atoms with Crippen LogP contribution < -0.4 is 0 Å². The van der Waals surface area contributed by atoms with E-state index in [1.54, 1.807) is 12.3 Å². The third-order valence-corrected chi connectivity index (χ3v) is 2.56. The summed E-state index contributed by atoms with van der Waals surface area (Å²) in [6, 6.07) is 3.58. The fourth-order valence-electron chi connectivity index (χ4n) is 1.69. The first-order valence-corrected chi connectivity index (χ1v) is 5.24. The van der Waals surface area contributed by atoms with Crippen molar-refractivity contribution in [2.24, 2.45) is 0 Å². The van der Waals surface area contributed by atoms with Crippen molar-refractivity contribution in [1.82, 2.24) is 9.61 Å². The predicted molar refractivity (Wildman–Crippen MR) is 62.6 cm³/mol. The second-order valence-electron chi connectivity index (χ2n) is 3.74. The lowest BCUT2D eigenvalue weighted by molar-refractivity contribution is 0.0553. The van der Waals surface area contributed by atoms with E-state index in [-0.39, 0.29) is 11.3 Å². The van der Waals surface area contributed by atoms with E-state index in [9.17, 15) is 9.59 Å². The van der Waals surface area contributed by atoms with Crippen LogP contribution in [0, 0.1) is 6.92 Å². The zero-order valence-electron chi connectivity index (χ0n) is 10.3. The van der Waals surface area contributed by atoms with Gasteiger partial charge in [0, 0.05) is 6.20 Å². The van der Waals surface area contributed by atoms with E-state index >= 15 is 0 Å². The molecule has 0 aliphatic rings. The number of aryl methyl sites for hydroxylation is 1. The zero-order valence-corrected chi connectivity index (χ0v) is 10.3. The Morgan fingerprint density at radius 2 is 1.89 bits per heavy atom. The van der Waals surface area contributed by atoms with E-state index in [1.807, 2.05) is 13.0 Å². The van der Waals surface area contributed by atoms with E-state index in [2.05, 4.69) is 14.6 Å². The highest BCUT2D eigenvalue weighted by Crippen LogP contribution is 2.19. The summed E-state index contributed by atoms with van der Waals surface area (Å²) in [4.78, 5) is 23.4. The number of carbonyl (C=O) groups excluding carboxylic acids is 2. The van der Waals surface area contributed by atoms with E-state index in [0.717, 1.165) is 5.56 Å². The fourth-order valence-corrected chi connectivity index (χ4v) is 1.69. The van der Waals surface area contributed by atoms with Gasteiger partial charge in [0.05, 0.1) is 19.7 Å². The third kappa shape index (κ3) is 1.81. The molecule has 2 rings (SSSR count). The van der Waals surface area contributed by atoms with Gasteiger partial charge in [-0.2, -0.15) is 5.10 Å². The number of hydrogen-bond donors (Lipinski definition) is 0. The van der Waals surface area contributed by atoms with Gasteiger partial charge in [-0.1, -0.05) is 0 Å². The molecule has 6 nitrogen and oxygen atoms in total. The normalized spacial score (nSPS) is 10.4. The molecule has 0 radical (unpaired) electrons. The zero-order chi connectivity index (χ0) is 13.3. The van der Waals surface area contributed by atoms with Crippen LogP contribution in [0.15, 0.2) is 18.3 Å². The topological polar surface area (TPSA) is 69.9 Å². The molecule has 0 saturated carbocycles. The molecule has 0 aliphatic carbocycles. The van der Waals surface area contributed by atoms with Gasteiger partial charge in [-0.3, -0.25) is 0 Å². The number of hydrogen-bond acceptors (Lipinski definition) is 5. The summed E-state index contributed by atoms with van der Waals surface area (Å²) in [6.07, 6.45) is 1.67. The predicted octanol–water partition coefficient (Wildman–Crippen LogP) is 1.22. The summed E-state index contributed by atoms with van der Waals surface area (Å²) in [5.41, 5.74) is 1.54. The molecule has 2 aromatic rings. The van der Waals surface area contributed by atoms with Crippen LogP contribution in [-0.4, -0.2) is 35.8 Å². The van der Waals surface area contributed by atoms with E-state index in [0.29, 0.717) is 5.52 Å². The number of ether oxygens (including phenoxy) is 2. The largest absolute Gasteiger partial charge is 0.465 e. The third-order valence-electron chi connectivity index (χ3n) is 2.56. The minimum absolute atomic E-state index is 0.0463. The van der Waals surface area contributed by atoms with Crippen molar-refractivity contribution in [3.05, 3.63) is 35.2 Å². The van der Waals surface area contributed by atoms with Crippen molar-refractivity contribution < 1.29 is 19.1 Å². The van der Waals surface area contributed by atoms with Gasteiger partial charge in [-0.05, 0) is 24.6 Å². The van der Waals surface area contributed by atoms with Crippen molar-refractivity contribution in [2.45, 2.75) is 6.92 Å². The van der Waals surface area contributed by atoms with Crippen LogP contribution in [0.1, 0.15) is 26.4 Å². The highest BCUT2D eigenvalue weighted by atomic mass is 16.5. The summed E-state index contributed by atoms with van der Waals surface area (Å²) in [6.45, 7) is 1.88. The Kier molecular flexibility index (Phi) is 3.01. The van der Waals surface area contributed by atoms with Crippen molar-refractivity contribution in [3.63, 3.8) is 0 Å². The summed E-state index contributed by atoms with van der Waals surface area (Å²) in [5, 5.41) is 4.03. The van der Waals surface area contributed by atoms with Crippen molar-refractivity contribution in [1.29, 1.82) is 0 Å². The molecule has 0 atom stereocenters. The molecular formula is C12H12N2O4. The first kappa shape index (κ1) is 12.1. The number of aromatic nitrogens is 2. The fraction of sp³-hybridized carbons (Fsp3) is 0.250. The highest BCUT2D eigenvalue weighted by Gasteiger charge is 2.25. The SMILES string of the molecule is COC(=O)c1nn2ccc(C)cc2c1C(=O)OC. The van der Waals surface area contributed by atoms with Crippen LogP contribution in [-0.2, 0) is 9.47 Å². The Bertz CT molecular complexity index is 630.